The Bertz CT molecular complexity index is 789. The standard InChI is InChI=1S/C16H21N5O7/c1-7(22)25-4-10-12(26-8(2)23)13(27-9(3)24)16(28-10)21-6-20-11-14(17)18-5-19-15(11)21/h5,10,12-13,16,20H,4,6H2,1-3H3,(H2,17,18,19)/t10-,12-,13-,16+/m0/s1. The van der Waals surface area contributed by atoms with Crippen LogP contribution in [0.4, 0.5) is 17.3 Å². The van der Waals surface area contributed by atoms with Crippen LogP contribution in [0.1, 0.15) is 20.8 Å². The van der Waals surface area contributed by atoms with Gasteiger partial charge in [-0.2, -0.15) is 0 Å². The Morgan fingerprint density at radius 1 is 1.18 bits per heavy atom. The van der Waals surface area contributed by atoms with Crippen molar-refractivity contribution in [2.24, 2.45) is 0 Å². The van der Waals surface area contributed by atoms with Gasteiger partial charge in [-0.15, -0.1) is 0 Å². The van der Waals surface area contributed by atoms with Gasteiger partial charge in [0.1, 0.15) is 24.7 Å². The van der Waals surface area contributed by atoms with Crippen LogP contribution in [0.5, 0.6) is 0 Å². The number of anilines is 3. The van der Waals surface area contributed by atoms with Crippen molar-refractivity contribution in [2.75, 3.05) is 29.2 Å². The number of aromatic nitrogens is 2. The first-order valence-electron chi connectivity index (χ1n) is 8.52. The predicted molar refractivity (Wildman–Crippen MR) is 93.8 cm³/mol. The molecule has 2 aliphatic rings. The molecule has 3 rings (SSSR count). The molecular formula is C16H21N5O7. The SMILES string of the molecule is CC(=O)OC[C@@H]1O[C@@H](N2CNc3c(N)ncnc32)[C@@H](OC(C)=O)[C@H]1OC(C)=O. The molecule has 1 aromatic heterocycles. The van der Waals surface area contributed by atoms with Crippen LogP contribution in [-0.2, 0) is 33.3 Å². The van der Waals surface area contributed by atoms with Gasteiger partial charge in [0.25, 0.3) is 0 Å². The molecule has 1 aromatic rings. The van der Waals surface area contributed by atoms with Gasteiger partial charge < -0.3 is 34.9 Å². The number of nitrogens with two attached hydrogens (primary N) is 1. The first-order chi connectivity index (χ1) is 13.3. The van der Waals surface area contributed by atoms with Crippen molar-refractivity contribution in [1.82, 2.24) is 9.97 Å². The van der Waals surface area contributed by atoms with Crippen LogP contribution in [0.25, 0.3) is 0 Å². The molecule has 0 aromatic carbocycles. The van der Waals surface area contributed by atoms with E-state index in [-0.39, 0.29) is 19.1 Å². The fraction of sp³-hybridized carbons (Fsp3) is 0.562. The summed E-state index contributed by atoms with van der Waals surface area (Å²) in [5.41, 5.74) is 6.37. The van der Waals surface area contributed by atoms with Crippen molar-refractivity contribution in [3.63, 3.8) is 0 Å². The third-order valence-electron chi connectivity index (χ3n) is 4.20. The zero-order valence-corrected chi connectivity index (χ0v) is 15.6. The number of ether oxygens (including phenoxy) is 4. The van der Waals surface area contributed by atoms with Gasteiger partial charge in [-0.3, -0.25) is 14.4 Å². The highest BCUT2D eigenvalue weighted by Crippen LogP contribution is 2.38. The summed E-state index contributed by atoms with van der Waals surface area (Å²) in [6, 6.07) is 0. The molecular weight excluding hydrogens is 374 g/mol. The highest BCUT2D eigenvalue weighted by molar-refractivity contribution is 5.80. The Hall–Kier alpha value is -3.15. The number of nitrogen functional groups attached to an aromatic ring is 1. The molecule has 0 radical (unpaired) electrons. The summed E-state index contributed by atoms with van der Waals surface area (Å²) >= 11 is 0. The number of hydrogen-bond donors (Lipinski definition) is 2. The van der Waals surface area contributed by atoms with Crippen LogP contribution >= 0.6 is 0 Å². The summed E-state index contributed by atoms with van der Waals surface area (Å²) in [6.45, 7) is 3.77. The van der Waals surface area contributed by atoms with Crippen LogP contribution in [0.3, 0.4) is 0 Å². The molecule has 3 heterocycles. The predicted octanol–water partition coefficient (Wildman–Crippen LogP) is -0.600. The number of carbonyl (C=O) groups is 3. The summed E-state index contributed by atoms with van der Waals surface area (Å²) in [5.74, 6) is -0.998. The molecule has 12 heteroatoms. The normalized spacial score (nSPS) is 25.6. The van der Waals surface area contributed by atoms with E-state index in [4.69, 9.17) is 24.7 Å². The number of fused-ring (bicyclic) bond motifs is 1. The van der Waals surface area contributed by atoms with E-state index in [1.54, 1.807) is 4.90 Å². The summed E-state index contributed by atoms with van der Waals surface area (Å²) in [4.78, 5) is 44.3. The molecule has 1 fully saturated rings. The lowest BCUT2D eigenvalue weighted by Crippen LogP contribution is -2.47. The second-order valence-corrected chi connectivity index (χ2v) is 6.28. The topological polar surface area (TPSA) is 155 Å². The maximum Gasteiger partial charge on any atom is 0.303 e. The third kappa shape index (κ3) is 3.91. The molecule has 3 N–H and O–H groups in total. The lowest BCUT2D eigenvalue weighted by Gasteiger charge is -2.29. The summed E-state index contributed by atoms with van der Waals surface area (Å²) in [7, 11) is 0. The maximum absolute atomic E-state index is 11.7. The molecule has 0 bridgehead atoms. The monoisotopic (exact) mass is 395 g/mol. The fourth-order valence-corrected chi connectivity index (χ4v) is 3.17. The Morgan fingerprint density at radius 2 is 1.86 bits per heavy atom. The Kier molecular flexibility index (Phi) is 5.49. The molecule has 2 aliphatic heterocycles. The molecule has 0 saturated carbocycles. The van der Waals surface area contributed by atoms with E-state index < -0.39 is 42.4 Å². The van der Waals surface area contributed by atoms with E-state index in [1.165, 1.54) is 27.1 Å². The van der Waals surface area contributed by atoms with Crippen LogP contribution < -0.4 is 16.0 Å². The zero-order valence-electron chi connectivity index (χ0n) is 15.6. The fourth-order valence-electron chi connectivity index (χ4n) is 3.17. The molecule has 0 spiro atoms. The van der Waals surface area contributed by atoms with Gasteiger partial charge in [-0.05, 0) is 0 Å². The van der Waals surface area contributed by atoms with Gasteiger partial charge in [0.2, 0.25) is 0 Å². The maximum atomic E-state index is 11.7. The number of esters is 3. The minimum atomic E-state index is -0.981. The Balaban J connectivity index is 1.92. The molecule has 12 nitrogen and oxygen atoms in total. The molecule has 1 saturated heterocycles. The largest absolute Gasteiger partial charge is 0.463 e. The number of nitrogens with one attached hydrogen (secondary N) is 1. The van der Waals surface area contributed by atoms with E-state index in [2.05, 4.69) is 15.3 Å². The van der Waals surface area contributed by atoms with Crippen LogP contribution in [0.15, 0.2) is 6.33 Å². The minimum absolute atomic E-state index is 0.179. The van der Waals surface area contributed by atoms with Crippen LogP contribution in [0.2, 0.25) is 0 Å². The first-order valence-corrected chi connectivity index (χ1v) is 8.52. The third-order valence-corrected chi connectivity index (χ3v) is 4.20. The highest BCUT2D eigenvalue weighted by atomic mass is 16.7. The van der Waals surface area contributed by atoms with E-state index >= 15 is 0 Å². The number of rotatable bonds is 5. The van der Waals surface area contributed by atoms with Crippen molar-refractivity contribution in [2.45, 2.75) is 45.3 Å². The first kappa shape index (κ1) is 19.6. The Labute approximate surface area is 160 Å². The van der Waals surface area contributed by atoms with Crippen LogP contribution in [0, 0.1) is 0 Å². The smallest absolute Gasteiger partial charge is 0.303 e. The van der Waals surface area contributed by atoms with Gasteiger partial charge in [0.15, 0.2) is 30.1 Å². The second kappa shape index (κ2) is 7.84. The van der Waals surface area contributed by atoms with Crippen molar-refractivity contribution in [3.8, 4) is 0 Å². The van der Waals surface area contributed by atoms with Crippen LogP contribution in [-0.4, -0.2) is 65.7 Å². The number of hydrogen-bond acceptors (Lipinski definition) is 12. The Morgan fingerprint density at radius 3 is 2.50 bits per heavy atom. The minimum Gasteiger partial charge on any atom is -0.463 e. The summed E-state index contributed by atoms with van der Waals surface area (Å²) in [5, 5.41) is 3.05. The van der Waals surface area contributed by atoms with Gasteiger partial charge in [0, 0.05) is 20.8 Å². The van der Waals surface area contributed by atoms with E-state index in [0.717, 1.165) is 0 Å². The van der Waals surface area contributed by atoms with Gasteiger partial charge in [-0.25, -0.2) is 9.97 Å². The van der Waals surface area contributed by atoms with Crippen molar-refractivity contribution >= 4 is 35.2 Å². The highest BCUT2D eigenvalue weighted by Gasteiger charge is 2.53. The van der Waals surface area contributed by atoms with Crippen molar-refractivity contribution < 1.29 is 33.3 Å². The zero-order chi connectivity index (χ0) is 20.4. The number of nitrogens with zero attached hydrogens (tertiary/aromatic N) is 3. The summed E-state index contributed by atoms with van der Waals surface area (Å²) in [6.07, 6.45) is -2.37. The van der Waals surface area contributed by atoms with Crippen molar-refractivity contribution in [1.29, 1.82) is 0 Å². The molecule has 0 aliphatic carbocycles. The molecule has 152 valence electrons. The van der Waals surface area contributed by atoms with E-state index in [9.17, 15) is 14.4 Å². The molecule has 0 unspecified atom stereocenters. The van der Waals surface area contributed by atoms with Crippen molar-refractivity contribution in [3.05, 3.63) is 6.33 Å². The molecule has 4 atom stereocenters. The molecule has 0 amide bonds. The van der Waals surface area contributed by atoms with Gasteiger partial charge in [-0.1, -0.05) is 0 Å². The average molecular weight is 395 g/mol. The van der Waals surface area contributed by atoms with Gasteiger partial charge >= 0.3 is 17.9 Å². The van der Waals surface area contributed by atoms with E-state index in [1.807, 2.05) is 0 Å². The summed E-state index contributed by atoms with van der Waals surface area (Å²) < 4.78 is 21.7. The molecule has 28 heavy (non-hydrogen) atoms. The number of carbonyl (C=O) groups excluding carboxylic acids is 3. The van der Waals surface area contributed by atoms with Gasteiger partial charge in [0.05, 0.1) is 6.67 Å². The lowest BCUT2D eigenvalue weighted by molar-refractivity contribution is -0.165. The second-order valence-electron chi connectivity index (χ2n) is 6.28. The average Bonchev–Trinajstić information content (AvgIpc) is 3.16. The van der Waals surface area contributed by atoms with E-state index in [0.29, 0.717) is 11.5 Å². The lowest BCUT2D eigenvalue weighted by atomic mass is 10.1. The quantitative estimate of drug-likeness (QED) is 0.483.